The van der Waals surface area contributed by atoms with Gasteiger partial charge in [-0.05, 0) is 67.6 Å². The third-order valence-corrected chi connectivity index (χ3v) is 11.4. The van der Waals surface area contributed by atoms with Crippen molar-refractivity contribution in [1.82, 2.24) is 0 Å². The van der Waals surface area contributed by atoms with Gasteiger partial charge in [0.1, 0.15) is 11.6 Å². The summed E-state index contributed by atoms with van der Waals surface area (Å²) in [5, 5.41) is 0. The van der Waals surface area contributed by atoms with Crippen molar-refractivity contribution in [3.05, 3.63) is 53.3 Å². The first-order valence-electron chi connectivity index (χ1n) is 12.0. The van der Waals surface area contributed by atoms with Crippen LogP contribution in [0.25, 0.3) is 5.83 Å². The lowest BCUT2D eigenvalue weighted by Crippen LogP contribution is -2.22. The molecule has 2 aliphatic rings. The van der Waals surface area contributed by atoms with E-state index in [0.717, 1.165) is 35.8 Å². The van der Waals surface area contributed by atoms with Gasteiger partial charge in [0.2, 0.25) is 0 Å². The molecule has 4 heteroatoms. The predicted molar refractivity (Wildman–Crippen MR) is 129 cm³/mol. The first-order valence-corrected chi connectivity index (χ1v) is 14.9. The first-order chi connectivity index (χ1) is 14.6. The van der Waals surface area contributed by atoms with Gasteiger partial charge < -0.3 is 0 Å². The van der Waals surface area contributed by atoms with Crippen LogP contribution in [-0.4, -0.2) is 8.80 Å². The van der Waals surface area contributed by atoms with Crippen LogP contribution in [0.1, 0.15) is 81.3 Å². The molecular formula is C26H37ClF2Si. The second-order valence-electron chi connectivity index (χ2n) is 9.60. The van der Waals surface area contributed by atoms with Gasteiger partial charge in [-0.15, -0.1) is 6.58 Å². The molecule has 1 heterocycles. The zero-order chi connectivity index (χ0) is 21.3. The molecule has 0 bridgehead atoms. The number of hydrogen-bond acceptors (Lipinski definition) is 0. The third kappa shape index (κ3) is 6.78. The van der Waals surface area contributed by atoms with Crippen LogP contribution >= 0.6 is 11.6 Å². The Morgan fingerprint density at radius 1 is 1.07 bits per heavy atom. The van der Waals surface area contributed by atoms with Crippen molar-refractivity contribution < 1.29 is 8.78 Å². The number of rotatable bonds is 9. The minimum Gasteiger partial charge on any atom is -0.206 e. The highest BCUT2D eigenvalue weighted by Gasteiger charge is 2.26. The van der Waals surface area contributed by atoms with Crippen LogP contribution < -0.4 is 0 Å². The number of halogens is 3. The van der Waals surface area contributed by atoms with Crippen LogP contribution in [0, 0.1) is 17.7 Å². The van der Waals surface area contributed by atoms with Gasteiger partial charge in [-0.3, -0.25) is 0 Å². The number of unbranched alkanes of at least 4 members (excludes halogenated alkanes) is 1. The molecule has 1 saturated heterocycles. The maximum absolute atomic E-state index is 14.2. The van der Waals surface area contributed by atoms with Gasteiger partial charge in [0, 0.05) is 19.9 Å². The Morgan fingerprint density at radius 3 is 2.33 bits per heavy atom. The quantitative estimate of drug-likeness (QED) is 0.200. The maximum atomic E-state index is 14.2. The zero-order valence-electron chi connectivity index (χ0n) is 18.2. The van der Waals surface area contributed by atoms with E-state index >= 15 is 0 Å². The van der Waals surface area contributed by atoms with E-state index in [9.17, 15) is 8.78 Å². The summed E-state index contributed by atoms with van der Waals surface area (Å²) in [5.74, 6) is 0.998. The summed E-state index contributed by atoms with van der Waals surface area (Å²) in [6, 6.07) is 9.57. The number of hydrogen-bond donors (Lipinski definition) is 0. The summed E-state index contributed by atoms with van der Waals surface area (Å²) in [4.78, 5) is 0. The monoisotopic (exact) mass is 450 g/mol. The van der Waals surface area contributed by atoms with E-state index < -0.39 is 20.4 Å². The Hall–Kier alpha value is -0.933. The van der Waals surface area contributed by atoms with E-state index in [4.69, 9.17) is 11.6 Å². The molecule has 1 aromatic rings. The summed E-state index contributed by atoms with van der Waals surface area (Å²) in [6.45, 7) is 3.84. The molecule has 0 N–H and O–H groups in total. The molecule has 1 aromatic carbocycles. The number of allylic oxidation sites excluding steroid dienone is 1. The summed E-state index contributed by atoms with van der Waals surface area (Å²) < 4.78 is 27.8. The summed E-state index contributed by atoms with van der Waals surface area (Å²) in [6.07, 6.45) is 15.1. The van der Waals surface area contributed by atoms with Gasteiger partial charge in [0.25, 0.3) is 0 Å². The van der Waals surface area contributed by atoms with Crippen molar-refractivity contribution in [2.75, 3.05) is 0 Å². The Kier molecular flexibility index (Phi) is 9.64. The van der Waals surface area contributed by atoms with Gasteiger partial charge in [-0.2, -0.15) is 0 Å². The fourth-order valence-electron chi connectivity index (χ4n) is 5.65. The molecule has 0 nitrogen and oxygen atoms in total. The molecule has 0 unspecified atom stereocenters. The topological polar surface area (TPSA) is 0 Å². The fraction of sp³-hybridized carbons (Fsp3) is 0.615. The van der Waals surface area contributed by atoms with E-state index in [-0.39, 0.29) is 5.56 Å². The van der Waals surface area contributed by atoms with E-state index in [0.29, 0.717) is 5.92 Å². The van der Waals surface area contributed by atoms with Crippen LogP contribution in [-0.2, 0) is 0 Å². The lowest BCUT2D eigenvalue weighted by atomic mass is 9.76. The lowest BCUT2D eigenvalue weighted by Gasteiger charge is -2.32. The summed E-state index contributed by atoms with van der Waals surface area (Å²) in [7, 11) is -0.428. The first kappa shape index (κ1) is 23.7. The Labute approximate surface area is 188 Å². The van der Waals surface area contributed by atoms with Crippen LogP contribution in [0.4, 0.5) is 8.78 Å². The maximum Gasteiger partial charge on any atom is 0.144 e. The standard InChI is InChI=1S/C26H37ClF2Si/c1-2-3-4-15-30-16-13-21(14-17-30)6-5-20-7-9-22(10-8-20)23-11-12-24(25(28)18-23)26(29)19-27/h2,11-12,18-22,30H,1,3-10,13-17H2. The van der Waals surface area contributed by atoms with Crippen molar-refractivity contribution in [2.24, 2.45) is 11.8 Å². The molecule has 30 heavy (non-hydrogen) atoms. The van der Waals surface area contributed by atoms with Crippen LogP contribution in [0.5, 0.6) is 0 Å². The molecule has 0 aromatic heterocycles. The molecule has 3 rings (SSSR count). The zero-order valence-corrected chi connectivity index (χ0v) is 20.1. The van der Waals surface area contributed by atoms with E-state index in [1.165, 1.54) is 69.5 Å². The SMILES string of the molecule is C=CCCC[SiH]1CCC(CCC2CCC(c3ccc(C(F)=CCl)c(F)c3)CC2)CC1. The predicted octanol–water partition coefficient (Wildman–Crippen LogP) is 8.99. The molecule has 166 valence electrons. The van der Waals surface area contributed by atoms with Gasteiger partial charge in [-0.1, -0.05) is 74.0 Å². The molecule has 0 amide bonds. The van der Waals surface area contributed by atoms with Gasteiger partial charge in [0.15, 0.2) is 0 Å². The highest BCUT2D eigenvalue weighted by atomic mass is 35.5. The summed E-state index contributed by atoms with van der Waals surface area (Å²) >= 11 is 5.38. The molecule has 2 fully saturated rings. The molecule has 0 spiro atoms. The van der Waals surface area contributed by atoms with Crippen molar-refractivity contribution in [1.29, 1.82) is 0 Å². The summed E-state index contributed by atoms with van der Waals surface area (Å²) in [5.41, 5.74) is 1.76. The van der Waals surface area contributed by atoms with Gasteiger partial charge in [0.05, 0.1) is 0 Å². The molecule has 1 saturated carbocycles. The molecule has 1 aliphatic heterocycles. The number of benzene rings is 1. The molecule has 0 atom stereocenters. The van der Waals surface area contributed by atoms with Gasteiger partial charge in [-0.25, -0.2) is 8.78 Å². The van der Waals surface area contributed by atoms with Crippen molar-refractivity contribution in [3.63, 3.8) is 0 Å². The Bertz CT molecular complexity index is 701. The minimum atomic E-state index is -0.710. The highest BCUT2D eigenvalue weighted by Crippen LogP contribution is 2.40. The largest absolute Gasteiger partial charge is 0.206 e. The lowest BCUT2D eigenvalue weighted by molar-refractivity contribution is 0.280. The second kappa shape index (κ2) is 12.2. The molecular weight excluding hydrogens is 414 g/mol. The van der Waals surface area contributed by atoms with Crippen molar-refractivity contribution in [3.8, 4) is 0 Å². The third-order valence-electron chi connectivity index (χ3n) is 7.63. The van der Waals surface area contributed by atoms with Crippen LogP contribution in [0.15, 0.2) is 36.4 Å². The van der Waals surface area contributed by atoms with Crippen LogP contribution in [0.3, 0.4) is 0 Å². The average molecular weight is 451 g/mol. The van der Waals surface area contributed by atoms with E-state index in [2.05, 4.69) is 12.7 Å². The van der Waals surface area contributed by atoms with Crippen molar-refractivity contribution in [2.45, 2.75) is 88.3 Å². The van der Waals surface area contributed by atoms with E-state index in [1.54, 1.807) is 12.1 Å². The Balaban J connectivity index is 1.37. The fourth-order valence-corrected chi connectivity index (χ4v) is 9.34. The normalized spacial score (nSPS) is 27.8. The molecule has 0 radical (unpaired) electrons. The van der Waals surface area contributed by atoms with Gasteiger partial charge >= 0.3 is 0 Å². The smallest absolute Gasteiger partial charge is 0.144 e. The Morgan fingerprint density at radius 2 is 1.73 bits per heavy atom. The van der Waals surface area contributed by atoms with Crippen molar-refractivity contribution >= 4 is 26.2 Å². The second-order valence-corrected chi connectivity index (χ2v) is 13.3. The van der Waals surface area contributed by atoms with Crippen LogP contribution in [0.2, 0.25) is 18.1 Å². The average Bonchev–Trinajstić information content (AvgIpc) is 2.78. The minimum absolute atomic E-state index is 0.0408. The molecule has 1 aliphatic carbocycles. The highest BCUT2D eigenvalue weighted by molar-refractivity contribution is 6.58. The van der Waals surface area contributed by atoms with E-state index in [1.807, 2.05) is 6.07 Å².